The van der Waals surface area contributed by atoms with E-state index in [0.717, 1.165) is 12.8 Å². The third-order valence-corrected chi connectivity index (χ3v) is 5.59. The molecular formula is C19H22ClN3O4. The Labute approximate surface area is 163 Å². The Hall–Kier alpha value is -2.20. The van der Waals surface area contributed by atoms with Gasteiger partial charge in [0, 0.05) is 24.9 Å². The van der Waals surface area contributed by atoms with Gasteiger partial charge in [-0.2, -0.15) is 5.26 Å². The van der Waals surface area contributed by atoms with E-state index < -0.39 is 11.2 Å². The second-order valence-electron chi connectivity index (χ2n) is 8.48. The second-order valence-corrected chi connectivity index (χ2v) is 8.89. The molecule has 27 heavy (non-hydrogen) atoms. The van der Waals surface area contributed by atoms with Gasteiger partial charge in [0.15, 0.2) is 0 Å². The van der Waals surface area contributed by atoms with Crippen LogP contribution in [0.4, 0.5) is 4.79 Å². The van der Waals surface area contributed by atoms with Crippen LogP contribution in [0.1, 0.15) is 52.0 Å². The molecule has 3 aliphatic rings. The molecular weight excluding hydrogens is 370 g/mol. The van der Waals surface area contributed by atoms with Crippen LogP contribution in [0, 0.1) is 11.3 Å². The van der Waals surface area contributed by atoms with E-state index in [0.29, 0.717) is 31.1 Å². The van der Waals surface area contributed by atoms with E-state index in [1.54, 1.807) is 0 Å². The highest BCUT2D eigenvalue weighted by Gasteiger charge is 2.54. The first-order chi connectivity index (χ1) is 12.7. The van der Waals surface area contributed by atoms with Gasteiger partial charge in [0.05, 0.1) is 11.2 Å². The maximum absolute atomic E-state index is 12.6. The predicted octanol–water partition coefficient (Wildman–Crippen LogP) is 3.68. The second kappa shape index (κ2) is 6.16. The summed E-state index contributed by atoms with van der Waals surface area (Å²) in [6, 6.07) is 2.14. The van der Waals surface area contributed by atoms with Crippen molar-refractivity contribution >= 4 is 17.7 Å². The lowest BCUT2D eigenvalue weighted by molar-refractivity contribution is -0.0803. The Morgan fingerprint density at radius 1 is 1.41 bits per heavy atom. The van der Waals surface area contributed by atoms with Crippen LogP contribution in [-0.2, 0) is 4.74 Å². The summed E-state index contributed by atoms with van der Waals surface area (Å²) in [7, 11) is 0. The SMILES string of the molecule is CC(C)(C)OC(=O)N1C2CCC1CC1(COc3c(ncc(Cl)c3C#N)O1)C2. The summed E-state index contributed by atoms with van der Waals surface area (Å²) in [6.45, 7) is 5.93. The molecule has 0 N–H and O–H groups in total. The van der Waals surface area contributed by atoms with Crippen LogP contribution < -0.4 is 9.47 Å². The lowest BCUT2D eigenvalue weighted by Gasteiger charge is -2.47. The van der Waals surface area contributed by atoms with Crippen molar-refractivity contribution in [3.63, 3.8) is 0 Å². The van der Waals surface area contributed by atoms with Gasteiger partial charge in [-0.1, -0.05) is 11.6 Å². The molecule has 4 rings (SSSR count). The Morgan fingerprint density at radius 3 is 2.67 bits per heavy atom. The average molecular weight is 392 g/mol. The first kappa shape index (κ1) is 18.2. The number of aromatic nitrogens is 1. The minimum absolute atomic E-state index is 0.0477. The van der Waals surface area contributed by atoms with Crippen molar-refractivity contribution in [2.75, 3.05) is 6.61 Å². The van der Waals surface area contributed by atoms with Crippen molar-refractivity contribution in [1.82, 2.24) is 9.88 Å². The Bertz CT molecular complexity index is 815. The number of nitrogens with zero attached hydrogens (tertiary/aromatic N) is 3. The van der Waals surface area contributed by atoms with Crippen molar-refractivity contribution in [2.45, 2.75) is 69.7 Å². The zero-order valence-corrected chi connectivity index (χ0v) is 16.4. The molecule has 0 aromatic carbocycles. The maximum atomic E-state index is 12.6. The van der Waals surface area contributed by atoms with Gasteiger partial charge in [-0.15, -0.1) is 0 Å². The highest BCUT2D eigenvalue weighted by Crippen LogP contribution is 2.48. The lowest BCUT2D eigenvalue weighted by Crippen LogP contribution is -2.59. The summed E-state index contributed by atoms with van der Waals surface area (Å²) >= 11 is 6.02. The molecule has 0 radical (unpaired) electrons. The van der Waals surface area contributed by atoms with E-state index in [1.807, 2.05) is 31.7 Å². The van der Waals surface area contributed by atoms with Crippen LogP contribution in [0.5, 0.6) is 11.6 Å². The lowest BCUT2D eigenvalue weighted by atomic mass is 9.86. The van der Waals surface area contributed by atoms with E-state index in [9.17, 15) is 10.1 Å². The number of amides is 1. The standard InChI is InChI=1S/C19H22ClN3O4/c1-18(2,3)27-17(24)23-11-4-5-12(23)7-19(6-11)10-25-15-13(8-21)14(20)9-22-16(15)26-19/h9,11-12H,4-7,10H2,1-3H3. The molecule has 0 aliphatic carbocycles. The Morgan fingerprint density at radius 2 is 2.07 bits per heavy atom. The minimum atomic E-state index is -0.551. The van der Waals surface area contributed by atoms with Crippen LogP contribution in [-0.4, -0.2) is 45.9 Å². The summed E-state index contributed by atoms with van der Waals surface area (Å²) in [5.74, 6) is 0.602. The summed E-state index contributed by atoms with van der Waals surface area (Å²) < 4.78 is 17.7. The third kappa shape index (κ3) is 3.16. The highest BCUT2D eigenvalue weighted by atomic mass is 35.5. The van der Waals surface area contributed by atoms with Gasteiger partial charge in [-0.25, -0.2) is 9.78 Å². The molecule has 0 saturated carbocycles. The fourth-order valence-corrected chi connectivity index (χ4v) is 4.50. The monoisotopic (exact) mass is 391 g/mol. The van der Waals surface area contributed by atoms with E-state index in [2.05, 4.69) is 4.98 Å². The van der Waals surface area contributed by atoms with Crippen molar-refractivity contribution in [2.24, 2.45) is 0 Å². The van der Waals surface area contributed by atoms with Crippen molar-refractivity contribution in [3.8, 4) is 17.7 Å². The molecule has 2 unspecified atom stereocenters. The number of hydrogen-bond donors (Lipinski definition) is 0. The molecule has 2 atom stereocenters. The normalized spacial score (nSPS) is 28.8. The number of pyridine rings is 1. The number of piperidine rings is 1. The molecule has 144 valence electrons. The van der Waals surface area contributed by atoms with E-state index in [4.69, 9.17) is 25.8 Å². The largest absolute Gasteiger partial charge is 0.483 e. The number of hydrogen-bond acceptors (Lipinski definition) is 6. The van der Waals surface area contributed by atoms with Gasteiger partial charge < -0.3 is 19.1 Å². The topological polar surface area (TPSA) is 84.7 Å². The van der Waals surface area contributed by atoms with Crippen molar-refractivity contribution in [3.05, 3.63) is 16.8 Å². The van der Waals surface area contributed by atoms with Crippen LogP contribution in [0.2, 0.25) is 5.02 Å². The molecule has 1 aromatic rings. The van der Waals surface area contributed by atoms with Crippen LogP contribution >= 0.6 is 11.6 Å². The molecule has 1 aromatic heterocycles. The Balaban J connectivity index is 1.55. The molecule has 2 bridgehead atoms. The minimum Gasteiger partial charge on any atom is -0.483 e. The number of halogens is 1. The third-order valence-electron chi connectivity index (χ3n) is 5.30. The number of carbonyl (C=O) groups is 1. The molecule has 2 saturated heterocycles. The summed E-state index contributed by atoms with van der Waals surface area (Å²) in [5, 5.41) is 9.55. The maximum Gasteiger partial charge on any atom is 0.410 e. The number of ether oxygens (including phenoxy) is 3. The molecule has 1 amide bonds. The first-order valence-corrected chi connectivity index (χ1v) is 9.51. The van der Waals surface area contributed by atoms with Gasteiger partial charge in [-0.05, 0) is 33.6 Å². The van der Waals surface area contributed by atoms with Gasteiger partial charge >= 0.3 is 6.09 Å². The summed E-state index contributed by atoms with van der Waals surface area (Å²) in [5.41, 5.74) is -0.831. The fourth-order valence-electron chi connectivity index (χ4n) is 4.32. The number of nitriles is 1. The molecule has 3 aliphatic heterocycles. The van der Waals surface area contributed by atoms with Gasteiger partial charge in [0.25, 0.3) is 5.88 Å². The fraction of sp³-hybridized carbons (Fsp3) is 0.632. The van der Waals surface area contributed by atoms with Gasteiger partial charge in [-0.3, -0.25) is 0 Å². The van der Waals surface area contributed by atoms with Crippen LogP contribution in [0.25, 0.3) is 0 Å². The highest BCUT2D eigenvalue weighted by molar-refractivity contribution is 6.31. The van der Waals surface area contributed by atoms with Crippen LogP contribution in [0.15, 0.2) is 6.20 Å². The Kier molecular flexibility index (Phi) is 4.15. The summed E-state index contributed by atoms with van der Waals surface area (Å²) in [6.07, 6.45) is 4.27. The van der Waals surface area contributed by atoms with E-state index in [1.165, 1.54) is 6.20 Å². The van der Waals surface area contributed by atoms with Gasteiger partial charge in [0.2, 0.25) is 5.75 Å². The van der Waals surface area contributed by atoms with E-state index in [-0.39, 0.29) is 28.8 Å². The number of rotatable bonds is 0. The molecule has 8 heteroatoms. The quantitative estimate of drug-likeness (QED) is 0.670. The first-order valence-electron chi connectivity index (χ1n) is 9.13. The zero-order valence-electron chi connectivity index (χ0n) is 15.6. The molecule has 4 heterocycles. The van der Waals surface area contributed by atoms with Crippen molar-refractivity contribution < 1.29 is 19.0 Å². The molecule has 2 fully saturated rings. The summed E-state index contributed by atoms with van der Waals surface area (Å²) in [4.78, 5) is 18.7. The van der Waals surface area contributed by atoms with E-state index >= 15 is 0 Å². The molecule has 1 spiro atoms. The zero-order chi connectivity index (χ0) is 19.4. The predicted molar refractivity (Wildman–Crippen MR) is 96.9 cm³/mol. The smallest absolute Gasteiger partial charge is 0.410 e. The van der Waals surface area contributed by atoms with Crippen LogP contribution in [0.3, 0.4) is 0 Å². The molecule has 7 nitrogen and oxygen atoms in total. The average Bonchev–Trinajstić information content (AvgIpc) is 2.86. The van der Waals surface area contributed by atoms with Gasteiger partial charge in [0.1, 0.15) is 29.4 Å². The number of fused-ring (bicyclic) bond motifs is 3. The van der Waals surface area contributed by atoms with Crippen molar-refractivity contribution in [1.29, 1.82) is 5.26 Å². The number of carbonyl (C=O) groups excluding carboxylic acids is 1.